The maximum absolute atomic E-state index is 4.64. The first-order valence-electron chi connectivity index (χ1n) is 6.42. The van der Waals surface area contributed by atoms with Crippen LogP contribution in [-0.2, 0) is 0 Å². The molecule has 1 aliphatic carbocycles. The van der Waals surface area contributed by atoms with Crippen LogP contribution in [0.5, 0.6) is 0 Å². The molecule has 19 heavy (non-hydrogen) atoms. The van der Waals surface area contributed by atoms with E-state index in [1.54, 1.807) is 18.6 Å². The summed E-state index contributed by atoms with van der Waals surface area (Å²) in [6, 6.07) is 8.40. The zero-order chi connectivity index (χ0) is 12.7. The van der Waals surface area contributed by atoms with Crippen molar-refractivity contribution in [1.29, 1.82) is 0 Å². The molecule has 1 N–H and O–H groups in total. The summed E-state index contributed by atoms with van der Waals surface area (Å²) in [7, 11) is 0. The van der Waals surface area contributed by atoms with Crippen LogP contribution < -0.4 is 5.32 Å². The second kappa shape index (κ2) is 4.05. The summed E-state index contributed by atoms with van der Waals surface area (Å²) in [4.78, 5) is 8.71. The maximum Gasteiger partial charge on any atom is 0.156 e. The average Bonchev–Trinajstić information content (AvgIpc) is 3.19. The zero-order valence-electron chi connectivity index (χ0n) is 10.3. The number of fused-ring (bicyclic) bond motifs is 1. The lowest BCUT2D eigenvalue weighted by Gasteiger charge is -2.05. The van der Waals surface area contributed by atoms with Crippen LogP contribution in [0.1, 0.15) is 12.8 Å². The zero-order valence-corrected chi connectivity index (χ0v) is 10.3. The van der Waals surface area contributed by atoms with Gasteiger partial charge in [-0.25, -0.2) is 9.50 Å². The van der Waals surface area contributed by atoms with Crippen molar-refractivity contribution in [3.8, 4) is 11.3 Å². The fourth-order valence-corrected chi connectivity index (χ4v) is 2.18. The van der Waals surface area contributed by atoms with Crippen LogP contribution in [0.2, 0.25) is 0 Å². The second-order valence-electron chi connectivity index (χ2n) is 4.76. The summed E-state index contributed by atoms with van der Waals surface area (Å²) in [5.74, 6) is 0.910. The Balaban J connectivity index is 1.94. The molecule has 3 aromatic rings. The van der Waals surface area contributed by atoms with Gasteiger partial charge >= 0.3 is 0 Å². The fraction of sp³-hybridized carbons (Fsp3) is 0.214. The van der Waals surface area contributed by atoms with Gasteiger partial charge in [0, 0.05) is 30.2 Å². The van der Waals surface area contributed by atoms with Gasteiger partial charge in [0.05, 0.1) is 0 Å². The lowest BCUT2D eigenvalue weighted by Crippen LogP contribution is -2.03. The summed E-state index contributed by atoms with van der Waals surface area (Å²) in [5, 5.41) is 7.88. The van der Waals surface area contributed by atoms with Crippen molar-refractivity contribution < 1.29 is 0 Å². The summed E-state index contributed by atoms with van der Waals surface area (Å²) < 4.78 is 1.88. The molecule has 0 radical (unpaired) electrons. The van der Waals surface area contributed by atoms with Crippen LogP contribution in [0.15, 0.2) is 42.9 Å². The predicted octanol–water partition coefficient (Wildman–Crippen LogP) is 2.37. The molecule has 1 aliphatic rings. The molecule has 0 atom stereocenters. The molecule has 94 valence electrons. The van der Waals surface area contributed by atoms with E-state index >= 15 is 0 Å². The molecule has 5 heteroatoms. The Morgan fingerprint density at radius 3 is 2.74 bits per heavy atom. The third-order valence-corrected chi connectivity index (χ3v) is 3.26. The Kier molecular flexibility index (Phi) is 2.24. The van der Waals surface area contributed by atoms with Gasteiger partial charge in [-0.05, 0) is 37.1 Å². The van der Waals surface area contributed by atoms with Gasteiger partial charge in [-0.2, -0.15) is 5.10 Å². The molecule has 5 nitrogen and oxygen atoms in total. The minimum Gasteiger partial charge on any atom is -0.365 e. The van der Waals surface area contributed by atoms with Crippen molar-refractivity contribution in [2.45, 2.75) is 18.9 Å². The monoisotopic (exact) mass is 251 g/mol. The standard InChI is InChI=1S/C14H13N5/c1-2-12-18-14(17-11-3-4-11)13(19(12)16-7-1)10-5-8-15-9-6-10/h1-2,5-9,11,17H,3-4H2. The molecule has 3 heterocycles. The van der Waals surface area contributed by atoms with Crippen molar-refractivity contribution in [3.63, 3.8) is 0 Å². The quantitative estimate of drug-likeness (QED) is 0.776. The smallest absolute Gasteiger partial charge is 0.156 e. The van der Waals surface area contributed by atoms with E-state index in [0.29, 0.717) is 6.04 Å². The Morgan fingerprint density at radius 1 is 1.11 bits per heavy atom. The highest BCUT2D eigenvalue weighted by Gasteiger charge is 2.24. The van der Waals surface area contributed by atoms with Crippen molar-refractivity contribution >= 4 is 11.5 Å². The van der Waals surface area contributed by atoms with Gasteiger partial charge < -0.3 is 5.32 Å². The number of pyridine rings is 1. The van der Waals surface area contributed by atoms with Gasteiger partial charge in [0.1, 0.15) is 5.69 Å². The van der Waals surface area contributed by atoms with Crippen LogP contribution in [0.3, 0.4) is 0 Å². The molecule has 0 aromatic carbocycles. The van der Waals surface area contributed by atoms with E-state index in [4.69, 9.17) is 0 Å². The van der Waals surface area contributed by atoms with E-state index in [9.17, 15) is 0 Å². The molecule has 0 unspecified atom stereocenters. The maximum atomic E-state index is 4.64. The Hall–Kier alpha value is -2.43. The predicted molar refractivity (Wildman–Crippen MR) is 72.9 cm³/mol. The molecular formula is C14H13N5. The number of anilines is 1. The van der Waals surface area contributed by atoms with Gasteiger partial charge in [0.2, 0.25) is 0 Å². The molecule has 0 aliphatic heterocycles. The van der Waals surface area contributed by atoms with Crippen molar-refractivity contribution in [1.82, 2.24) is 19.6 Å². The lowest BCUT2D eigenvalue weighted by molar-refractivity contribution is 0.942. The Labute approximate surface area is 110 Å². The van der Waals surface area contributed by atoms with E-state index in [1.807, 2.05) is 28.8 Å². The third kappa shape index (κ3) is 1.83. The first-order chi connectivity index (χ1) is 9.42. The van der Waals surface area contributed by atoms with Gasteiger partial charge in [0.25, 0.3) is 0 Å². The second-order valence-corrected chi connectivity index (χ2v) is 4.76. The van der Waals surface area contributed by atoms with Crippen molar-refractivity contribution in [3.05, 3.63) is 42.9 Å². The lowest BCUT2D eigenvalue weighted by atomic mass is 10.2. The molecule has 1 fully saturated rings. The molecule has 0 bridgehead atoms. The number of hydrogen-bond acceptors (Lipinski definition) is 4. The van der Waals surface area contributed by atoms with Gasteiger partial charge in [-0.3, -0.25) is 4.98 Å². The van der Waals surface area contributed by atoms with E-state index in [2.05, 4.69) is 20.4 Å². The van der Waals surface area contributed by atoms with Crippen LogP contribution >= 0.6 is 0 Å². The largest absolute Gasteiger partial charge is 0.365 e. The molecule has 0 spiro atoms. The van der Waals surface area contributed by atoms with Crippen LogP contribution in [-0.4, -0.2) is 25.6 Å². The molecule has 4 rings (SSSR count). The number of nitrogens with one attached hydrogen (secondary N) is 1. The molecule has 3 aromatic heterocycles. The first-order valence-corrected chi connectivity index (χ1v) is 6.42. The molecular weight excluding hydrogens is 238 g/mol. The Morgan fingerprint density at radius 2 is 1.95 bits per heavy atom. The number of hydrogen-bond donors (Lipinski definition) is 1. The van der Waals surface area contributed by atoms with Crippen molar-refractivity contribution in [2.75, 3.05) is 5.32 Å². The highest BCUT2D eigenvalue weighted by Crippen LogP contribution is 2.32. The minimum atomic E-state index is 0.561. The van der Waals surface area contributed by atoms with Gasteiger partial charge in [-0.15, -0.1) is 0 Å². The molecule has 0 amide bonds. The van der Waals surface area contributed by atoms with Crippen LogP contribution in [0.25, 0.3) is 16.9 Å². The van der Waals surface area contributed by atoms with E-state index in [0.717, 1.165) is 22.7 Å². The highest BCUT2D eigenvalue weighted by atomic mass is 15.3. The molecule has 1 saturated carbocycles. The van der Waals surface area contributed by atoms with Crippen LogP contribution in [0.4, 0.5) is 5.82 Å². The number of nitrogens with zero attached hydrogens (tertiary/aromatic N) is 4. The molecule has 0 saturated heterocycles. The minimum absolute atomic E-state index is 0.561. The average molecular weight is 251 g/mol. The van der Waals surface area contributed by atoms with Crippen molar-refractivity contribution in [2.24, 2.45) is 0 Å². The first kappa shape index (κ1) is 10.5. The number of rotatable bonds is 3. The topological polar surface area (TPSA) is 55.1 Å². The van der Waals surface area contributed by atoms with E-state index < -0.39 is 0 Å². The number of imidazole rings is 1. The third-order valence-electron chi connectivity index (χ3n) is 3.26. The van der Waals surface area contributed by atoms with Gasteiger partial charge in [0.15, 0.2) is 11.5 Å². The summed E-state index contributed by atoms with van der Waals surface area (Å²) in [5.41, 5.74) is 2.94. The van der Waals surface area contributed by atoms with Gasteiger partial charge in [-0.1, -0.05) is 0 Å². The Bertz CT molecular complexity index is 715. The summed E-state index contributed by atoms with van der Waals surface area (Å²) in [6.45, 7) is 0. The SMILES string of the molecule is c1cnn2c(-c3ccncc3)c(NC3CC3)nc2c1. The summed E-state index contributed by atoms with van der Waals surface area (Å²) >= 11 is 0. The van der Waals surface area contributed by atoms with Crippen LogP contribution in [0, 0.1) is 0 Å². The number of aromatic nitrogens is 4. The van der Waals surface area contributed by atoms with E-state index in [1.165, 1.54) is 12.8 Å². The normalized spacial score (nSPS) is 14.7. The summed E-state index contributed by atoms with van der Waals surface area (Å²) in [6.07, 6.45) is 7.80. The highest BCUT2D eigenvalue weighted by molar-refractivity contribution is 5.76. The van der Waals surface area contributed by atoms with E-state index in [-0.39, 0.29) is 0 Å². The fourth-order valence-electron chi connectivity index (χ4n) is 2.18.